The number of carboxylic acids is 1. The summed E-state index contributed by atoms with van der Waals surface area (Å²) in [5.41, 5.74) is -0.260. The van der Waals surface area contributed by atoms with Crippen LogP contribution in [0.25, 0.3) is 0 Å². The highest BCUT2D eigenvalue weighted by molar-refractivity contribution is 5.95. The largest absolute Gasteiger partial charge is 0.481 e. The number of nitrogens with one attached hydrogen (secondary N) is 1. The van der Waals surface area contributed by atoms with Crippen molar-refractivity contribution in [3.05, 3.63) is 29.8 Å². The summed E-state index contributed by atoms with van der Waals surface area (Å²) in [6.07, 6.45) is 2.39. The van der Waals surface area contributed by atoms with Crippen molar-refractivity contribution in [2.45, 2.75) is 25.7 Å². The molecule has 1 aliphatic rings. The minimum atomic E-state index is -1.14. The van der Waals surface area contributed by atoms with Crippen LogP contribution in [0.4, 0.5) is 14.5 Å². The predicted molar refractivity (Wildman–Crippen MR) is 68.1 cm³/mol. The first kappa shape index (κ1) is 14.4. The number of rotatable bonds is 3. The smallest absolute Gasteiger partial charge is 0.307 e. The summed E-state index contributed by atoms with van der Waals surface area (Å²) in [6.45, 7) is 0. The Balaban J connectivity index is 2.14. The molecule has 2 atom stereocenters. The van der Waals surface area contributed by atoms with E-state index in [1.807, 2.05) is 0 Å². The van der Waals surface area contributed by atoms with E-state index in [9.17, 15) is 18.4 Å². The SMILES string of the molecule is O=C(O)C1CCCCC1C(=O)Nc1cccc(F)c1F. The van der Waals surface area contributed by atoms with Crippen molar-refractivity contribution < 1.29 is 23.5 Å². The van der Waals surface area contributed by atoms with Gasteiger partial charge in [0, 0.05) is 0 Å². The molecule has 0 heterocycles. The zero-order valence-electron chi connectivity index (χ0n) is 10.7. The number of hydrogen-bond acceptors (Lipinski definition) is 2. The Morgan fingerprint density at radius 3 is 2.45 bits per heavy atom. The van der Waals surface area contributed by atoms with E-state index in [1.54, 1.807) is 0 Å². The average molecular weight is 283 g/mol. The summed E-state index contributed by atoms with van der Waals surface area (Å²) in [7, 11) is 0. The average Bonchev–Trinajstić information content (AvgIpc) is 2.43. The lowest BCUT2D eigenvalue weighted by molar-refractivity contribution is -0.147. The van der Waals surface area contributed by atoms with Crippen molar-refractivity contribution >= 4 is 17.6 Å². The van der Waals surface area contributed by atoms with E-state index in [1.165, 1.54) is 12.1 Å². The second-order valence-electron chi connectivity index (χ2n) is 4.93. The van der Waals surface area contributed by atoms with Gasteiger partial charge in [-0.15, -0.1) is 0 Å². The fraction of sp³-hybridized carbons (Fsp3) is 0.429. The van der Waals surface area contributed by atoms with Crippen LogP contribution in [0.2, 0.25) is 0 Å². The summed E-state index contributed by atoms with van der Waals surface area (Å²) in [5.74, 6) is -5.25. The highest BCUT2D eigenvalue weighted by atomic mass is 19.2. The Kier molecular flexibility index (Phi) is 4.32. The maximum atomic E-state index is 13.5. The minimum absolute atomic E-state index is 0.260. The highest BCUT2D eigenvalue weighted by Gasteiger charge is 2.35. The van der Waals surface area contributed by atoms with Gasteiger partial charge in [0.2, 0.25) is 5.91 Å². The molecule has 4 nitrogen and oxygen atoms in total. The van der Waals surface area contributed by atoms with Gasteiger partial charge in [0.25, 0.3) is 0 Å². The van der Waals surface area contributed by atoms with Crippen LogP contribution in [0, 0.1) is 23.5 Å². The summed E-state index contributed by atoms with van der Waals surface area (Å²) in [4.78, 5) is 23.2. The molecule has 0 aromatic heterocycles. The van der Waals surface area contributed by atoms with E-state index >= 15 is 0 Å². The number of carbonyl (C=O) groups is 2. The number of aliphatic carboxylic acids is 1. The van der Waals surface area contributed by atoms with Gasteiger partial charge in [0.1, 0.15) is 0 Å². The third kappa shape index (κ3) is 2.95. The zero-order chi connectivity index (χ0) is 14.7. The molecule has 1 fully saturated rings. The van der Waals surface area contributed by atoms with Crippen LogP contribution >= 0.6 is 0 Å². The lowest BCUT2D eigenvalue weighted by Crippen LogP contribution is -2.36. The van der Waals surface area contributed by atoms with Gasteiger partial charge < -0.3 is 10.4 Å². The van der Waals surface area contributed by atoms with Gasteiger partial charge in [-0.1, -0.05) is 18.9 Å². The van der Waals surface area contributed by atoms with Gasteiger partial charge >= 0.3 is 5.97 Å². The molecule has 2 rings (SSSR count). The molecule has 0 bridgehead atoms. The number of carboxylic acid groups (broad SMARTS) is 1. The van der Waals surface area contributed by atoms with Gasteiger partial charge in [-0.05, 0) is 25.0 Å². The number of carbonyl (C=O) groups excluding carboxylic acids is 1. The van der Waals surface area contributed by atoms with E-state index in [0.29, 0.717) is 12.8 Å². The molecule has 1 amide bonds. The molecule has 1 aromatic rings. The van der Waals surface area contributed by atoms with Crippen LogP contribution in [0.1, 0.15) is 25.7 Å². The van der Waals surface area contributed by atoms with Crippen LogP contribution in [0.3, 0.4) is 0 Å². The maximum Gasteiger partial charge on any atom is 0.307 e. The van der Waals surface area contributed by atoms with Crippen molar-refractivity contribution in [1.82, 2.24) is 0 Å². The molecule has 20 heavy (non-hydrogen) atoms. The third-order valence-electron chi connectivity index (χ3n) is 3.63. The van der Waals surface area contributed by atoms with E-state index in [4.69, 9.17) is 5.11 Å². The molecule has 108 valence electrons. The van der Waals surface area contributed by atoms with Crippen molar-refractivity contribution in [2.24, 2.45) is 11.8 Å². The van der Waals surface area contributed by atoms with E-state index < -0.39 is 35.3 Å². The molecule has 1 aromatic carbocycles. The highest BCUT2D eigenvalue weighted by Crippen LogP contribution is 2.31. The minimum Gasteiger partial charge on any atom is -0.481 e. The maximum absolute atomic E-state index is 13.5. The standard InChI is InChI=1S/C14H15F2NO3/c15-10-6-3-7-11(12(10)16)17-13(18)8-4-1-2-5-9(8)14(19)20/h3,6-9H,1-2,4-5H2,(H,17,18)(H,19,20). The number of anilines is 1. The molecule has 0 saturated heterocycles. The molecular formula is C14H15F2NO3. The molecule has 0 spiro atoms. The number of amides is 1. The Labute approximate surface area is 114 Å². The van der Waals surface area contributed by atoms with Crippen LogP contribution in [0.15, 0.2) is 18.2 Å². The Bertz CT molecular complexity index is 533. The lowest BCUT2D eigenvalue weighted by atomic mass is 9.78. The van der Waals surface area contributed by atoms with Crippen molar-refractivity contribution in [2.75, 3.05) is 5.32 Å². The molecular weight excluding hydrogens is 268 g/mol. The molecule has 2 unspecified atom stereocenters. The monoisotopic (exact) mass is 283 g/mol. The third-order valence-corrected chi connectivity index (χ3v) is 3.63. The number of benzene rings is 1. The first-order chi connectivity index (χ1) is 9.50. The molecule has 1 aliphatic carbocycles. The van der Waals surface area contributed by atoms with Gasteiger partial charge in [0.05, 0.1) is 17.5 Å². The fourth-order valence-electron chi connectivity index (χ4n) is 2.57. The number of halogens is 2. The summed E-state index contributed by atoms with van der Waals surface area (Å²) in [6, 6.07) is 3.48. The molecule has 6 heteroatoms. The first-order valence-electron chi connectivity index (χ1n) is 6.48. The summed E-state index contributed by atoms with van der Waals surface area (Å²) < 4.78 is 26.5. The van der Waals surface area contributed by atoms with Crippen LogP contribution in [-0.2, 0) is 9.59 Å². The van der Waals surface area contributed by atoms with Gasteiger partial charge in [-0.3, -0.25) is 9.59 Å². The van der Waals surface area contributed by atoms with E-state index in [0.717, 1.165) is 18.9 Å². The predicted octanol–water partition coefficient (Wildman–Crippen LogP) is 2.79. The quantitative estimate of drug-likeness (QED) is 0.896. The first-order valence-corrected chi connectivity index (χ1v) is 6.48. The molecule has 0 aliphatic heterocycles. The number of hydrogen-bond donors (Lipinski definition) is 2. The zero-order valence-corrected chi connectivity index (χ0v) is 10.7. The van der Waals surface area contributed by atoms with Crippen molar-refractivity contribution in [1.29, 1.82) is 0 Å². The topological polar surface area (TPSA) is 66.4 Å². The van der Waals surface area contributed by atoms with Crippen molar-refractivity contribution in [3.63, 3.8) is 0 Å². The van der Waals surface area contributed by atoms with Crippen molar-refractivity contribution in [3.8, 4) is 0 Å². The van der Waals surface area contributed by atoms with Crippen LogP contribution in [-0.4, -0.2) is 17.0 Å². The second-order valence-corrected chi connectivity index (χ2v) is 4.93. The Hall–Kier alpha value is -1.98. The van der Waals surface area contributed by atoms with Crippen LogP contribution < -0.4 is 5.32 Å². The second kappa shape index (κ2) is 5.98. The Morgan fingerprint density at radius 2 is 1.80 bits per heavy atom. The van der Waals surface area contributed by atoms with E-state index in [-0.39, 0.29) is 5.69 Å². The molecule has 2 N–H and O–H groups in total. The fourth-order valence-corrected chi connectivity index (χ4v) is 2.57. The van der Waals surface area contributed by atoms with Gasteiger partial charge in [0.15, 0.2) is 11.6 Å². The molecule has 1 saturated carbocycles. The molecule has 0 radical (unpaired) electrons. The Morgan fingerprint density at radius 1 is 1.15 bits per heavy atom. The van der Waals surface area contributed by atoms with Crippen LogP contribution in [0.5, 0.6) is 0 Å². The van der Waals surface area contributed by atoms with Gasteiger partial charge in [-0.25, -0.2) is 8.78 Å². The summed E-state index contributed by atoms with van der Waals surface area (Å²) in [5, 5.41) is 11.4. The normalized spacial score (nSPS) is 22.3. The van der Waals surface area contributed by atoms with E-state index in [2.05, 4.69) is 5.32 Å². The summed E-state index contributed by atoms with van der Waals surface area (Å²) >= 11 is 0. The lowest BCUT2D eigenvalue weighted by Gasteiger charge is -2.27. The van der Waals surface area contributed by atoms with Gasteiger partial charge in [-0.2, -0.15) is 0 Å².